The molecule has 0 aliphatic heterocycles. The molecule has 0 fully saturated rings. The predicted octanol–water partition coefficient (Wildman–Crippen LogP) is -1.56. The molecular weight excluding hydrogens is 249 g/mol. The number of hydrogen-bond donors (Lipinski definition) is 0. The zero-order valence-corrected chi connectivity index (χ0v) is 9.64. The first-order chi connectivity index (χ1) is 4.61. The van der Waals surface area contributed by atoms with Crippen LogP contribution in [0.2, 0.25) is 0 Å². The molecule has 1 rings (SSSR count). The molecule has 0 atom stereocenters. The Morgan fingerprint density at radius 1 is 1.09 bits per heavy atom. The van der Waals surface area contributed by atoms with Crippen LogP contribution >= 0.6 is 0 Å². The second kappa shape index (κ2) is 4.04. The molecule has 0 bridgehead atoms. The summed E-state index contributed by atoms with van der Waals surface area (Å²) in [5.74, 6) is 0. The number of halogens is 1. The lowest BCUT2D eigenvalue weighted by Gasteiger charge is -1.98. The fourth-order valence-corrected chi connectivity index (χ4v) is 1.02. The van der Waals surface area contributed by atoms with Crippen molar-refractivity contribution in [2.75, 3.05) is 0 Å². The number of rotatable bonds is 0. The van der Waals surface area contributed by atoms with Gasteiger partial charge in [0.15, 0.2) is 11.9 Å². The van der Waals surface area contributed by atoms with Crippen LogP contribution in [0.4, 0.5) is 0 Å². The van der Waals surface area contributed by atoms with Gasteiger partial charge in [-0.25, -0.2) is 4.57 Å². The van der Waals surface area contributed by atoms with Crippen molar-refractivity contribution >= 4 is 0 Å². The maximum Gasteiger partial charge on any atom is 0.178 e. The Morgan fingerprint density at radius 3 is 2.09 bits per heavy atom. The molecule has 1 heterocycles. The molecule has 1 aromatic heterocycles. The summed E-state index contributed by atoms with van der Waals surface area (Å²) in [6, 6.07) is 2.20. The average molecular weight is 263 g/mol. The molecule has 2 heteroatoms. The number of aromatic nitrogens is 1. The van der Waals surface area contributed by atoms with Gasteiger partial charge in [-0.3, -0.25) is 0 Å². The lowest BCUT2D eigenvalue weighted by molar-refractivity contribution is -0.678. The van der Waals surface area contributed by atoms with E-state index in [1.54, 1.807) is 0 Å². The van der Waals surface area contributed by atoms with Gasteiger partial charge in [0.05, 0.1) is 0 Å². The maximum absolute atomic E-state index is 2.20. The van der Waals surface area contributed by atoms with E-state index in [0.29, 0.717) is 0 Å². The summed E-state index contributed by atoms with van der Waals surface area (Å²) in [6.45, 7) is 6.39. The van der Waals surface area contributed by atoms with E-state index in [1.165, 1.54) is 16.8 Å². The monoisotopic (exact) mass is 263 g/mol. The van der Waals surface area contributed by atoms with Crippen LogP contribution < -0.4 is 28.5 Å². The van der Waals surface area contributed by atoms with Crippen molar-refractivity contribution in [3.05, 3.63) is 29.1 Å². The lowest BCUT2D eigenvalue weighted by atomic mass is 10.1. The summed E-state index contributed by atoms with van der Waals surface area (Å²) in [6.07, 6.45) is 2.16. The molecule has 0 saturated heterocycles. The van der Waals surface area contributed by atoms with Gasteiger partial charge in [-0.05, 0) is 19.4 Å². The predicted molar refractivity (Wildman–Crippen MR) is 41.8 cm³/mol. The van der Waals surface area contributed by atoms with Crippen LogP contribution in [0, 0.1) is 20.8 Å². The van der Waals surface area contributed by atoms with Crippen molar-refractivity contribution in [3.8, 4) is 0 Å². The van der Waals surface area contributed by atoms with Crippen LogP contribution in [0.3, 0.4) is 0 Å². The minimum absolute atomic E-state index is 0. The first-order valence-corrected chi connectivity index (χ1v) is 3.55. The van der Waals surface area contributed by atoms with Crippen molar-refractivity contribution in [1.29, 1.82) is 0 Å². The Bertz CT molecular complexity index is 206. The van der Waals surface area contributed by atoms with Crippen LogP contribution in [0.15, 0.2) is 12.3 Å². The first kappa shape index (κ1) is 10.9. The summed E-state index contributed by atoms with van der Waals surface area (Å²) in [5, 5.41) is 0. The number of nitrogens with zero attached hydrogens (tertiary/aromatic N) is 1. The molecule has 0 aliphatic rings. The van der Waals surface area contributed by atoms with Crippen LogP contribution in [-0.2, 0) is 7.05 Å². The van der Waals surface area contributed by atoms with Gasteiger partial charge in [-0.2, -0.15) is 0 Å². The Kier molecular flexibility index (Phi) is 4.00. The third-order valence-corrected chi connectivity index (χ3v) is 1.99. The largest absolute Gasteiger partial charge is 1.00 e. The maximum atomic E-state index is 2.20. The second-order valence-corrected chi connectivity index (χ2v) is 2.89. The molecule has 0 spiro atoms. The van der Waals surface area contributed by atoms with Crippen LogP contribution in [0.25, 0.3) is 0 Å². The zero-order chi connectivity index (χ0) is 7.72. The minimum atomic E-state index is 0. The topological polar surface area (TPSA) is 3.88 Å². The highest BCUT2D eigenvalue weighted by molar-refractivity contribution is 5.19. The van der Waals surface area contributed by atoms with E-state index in [4.69, 9.17) is 0 Å². The highest BCUT2D eigenvalue weighted by Crippen LogP contribution is 2.02. The molecule has 62 valence electrons. The Balaban J connectivity index is 0.000001000. The average Bonchev–Trinajstić information content (AvgIpc) is 1.84. The fourth-order valence-electron chi connectivity index (χ4n) is 1.02. The quantitative estimate of drug-likeness (QED) is 0.394. The van der Waals surface area contributed by atoms with E-state index < -0.39 is 0 Å². The Labute approximate surface area is 85.5 Å². The van der Waals surface area contributed by atoms with Gasteiger partial charge in [0.1, 0.15) is 7.05 Å². The molecule has 0 N–H and O–H groups in total. The standard InChI is InChI=1S/C9H14N.HI/c1-7-5-9(3)10(4)6-8(7)2;/h5-6H,1-4H3;1H/q+1;/p-1. The summed E-state index contributed by atoms with van der Waals surface area (Å²) in [4.78, 5) is 0. The molecule has 1 nitrogen and oxygen atoms in total. The van der Waals surface area contributed by atoms with E-state index in [0.717, 1.165) is 0 Å². The number of aryl methyl sites for hydroxylation is 4. The number of pyridine rings is 1. The molecule has 11 heavy (non-hydrogen) atoms. The lowest BCUT2D eigenvalue weighted by Crippen LogP contribution is -3.00. The highest BCUT2D eigenvalue weighted by atomic mass is 127. The van der Waals surface area contributed by atoms with Gasteiger partial charge in [0.25, 0.3) is 0 Å². The molecule has 0 radical (unpaired) electrons. The highest BCUT2D eigenvalue weighted by Gasteiger charge is 2.02. The molecular formula is C9H14IN. The van der Waals surface area contributed by atoms with Gasteiger partial charge in [-0.1, -0.05) is 0 Å². The molecule has 0 saturated carbocycles. The van der Waals surface area contributed by atoms with Gasteiger partial charge in [0.2, 0.25) is 0 Å². The minimum Gasteiger partial charge on any atom is -1.00 e. The molecule has 0 unspecified atom stereocenters. The van der Waals surface area contributed by atoms with Gasteiger partial charge in [0, 0.05) is 18.6 Å². The summed E-state index contributed by atoms with van der Waals surface area (Å²) >= 11 is 0. The van der Waals surface area contributed by atoms with Crippen LogP contribution in [0.1, 0.15) is 16.8 Å². The van der Waals surface area contributed by atoms with E-state index >= 15 is 0 Å². The van der Waals surface area contributed by atoms with Crippen molar-refractivity contribution in [2.45, 2.75) is 20.8 Å². The fraction of sp³-hybridized carbons (Fsp3) is 0.444. The van der Waals surface area contributed by atoms with Gasteiger partial charge < -0.3 is 24.0 Å². The molecule has 0 aliphatic carbocycles. The number of hydrogen-bond acceptors (Lipinski definition) is 0. The van der Waals surface area contributed by atoms with Crippen molar-refractivity contribution < 1.29 is 28.5 Å². The van der Waals surface area contributed by atoms with E-state index in [9.17, 15) is 0 Å². The summed E-state index contributed by atoms with van der Waals surface area (Å²) < 4.78 is 2.14. The second-order valence-electron chi connectivity index (χ2n) is 2.89. The zero-order valence-electron chi connectivity index (χ0n) is 7.48. The summed E-state index contributed by atoms with van der Waals surface area (Å²) in [7, 11) is 2.07. The molecule has 0 aromatic carbocycles. The van der Waals surface area contributed by atoms with Crippen LogP contribution in [-0.4, -0.2) is 0 Å². The normalized spacial score (nSPS) is 9.09. The Hall–Kier alpha value is -0.120. The van der Waals surface area contributed by atoms with E-state index in [2.05, 4.69) is 44.6 Å². The van der Waals surface area contributed by atoms with Crippen LogP contribution in [0.5, 0.6) is 0 Å². The van der Waals surface area contributed by atoms with E-state index in [1.807, 2.05) is 0 Å². The van der Waals surface area contributed by atoms with Crippen molar-refractivity contribution in [2.24, 2.45) is 7.05 Å². The smallest absolute Gasteiger partial charge is 0.178 e. The SMILES string of the molecule is Cc1cc(C)[n+](C)cc1C.[I-]. The van der Waals surface area contributed by atoms with Crippen molar-refractivity contribution in [3.63, 3.8) is 0 Å². The van der Waals surface area contributed by atoms with E-state index in [-0.39, 0.29) is 24.0 Å². The first-order valence-electron chi connectivity index (χ1n) is 3.55. The molecule has 1 aromatic rings. The van der Waals surface area contributed by atoms with Crippen molar-refractivity contribution in [1.82, 2.24) is 0 Å². The third kappa shape index (κ3) is 2.43. The molecule has 0 amide bonds. The summed E-state index contributed by atoms with van der Waals surface area (Å²) in [5.41, 5.74) is 4.03. The Morgan fingerprint density at radius 2 is 1.64 bits per heavy atom. The van der Waals surface area contributed by atoms with Gasteiger partial charge in [-0.15, -0.1) is 0 Å². The third-order valence-electron chi connectivity index (χ3n) is 1.99. The van der Waals surface area contributed by atoms with Gasteiger partial charge >= 0.3 is 0 Å².